The summed E-state index contributed by atoms with van der Waals surface area (Å²) in [6.07, 6.45) is 1.57. The predicted molar refractivity (Wildman–Crippen MR) is 115 cm³/mol. The van der Waals surface area contributed by atoms with Gasteiger partial charge in [0.05, 0.1) is 20.6 Å². The highest BCUT2D eigenvalue weighted by molar-refractivity contribution is 7.89. The maximum atomic E-state index is 12.8. The Balaban J connectivity index is 1.77. The zero-order chi connectivity index (χ0) is 20.1. The van der Waals surface area contributed by atoms with Gasteiger partial charge in [0.2, 0.25) is 10.0 Å². The third-order valence-corrected chi connectivity index (χ3v) is 6.61. The highest BCUT2D eigenvalue weighted by Crippen LogP contribution is 2.24. The standard InChI is InChI=1S/C21H18Cl2N2O2S/c1-25(15-16-6-3-2-4-7-16)28(26,27)18-12-10-17(11-13-18)24-14-19-20(22)8-5-9-21(19)23/h2-14H,15H2,1H3. The zero-order valence-electron chi connectivity index (χ0n) is 15.1. The van der Waals surface area contributed by atoms with Crippen molar-refractivity contribution in [3.63, 3.8) is 0 Å². The van der Waals surface area contributed by atoms with Gasteiger partial charge in [-0.3, -0.25) is 4.99 Å². The number of aliphatic imine (C=N–C) groups is 1. The molecule has 0 fully saturated rings. The Labute approximate surface area is 175 Å². The molecule has 0 amide bonds. The molecule has 0 aliphatic heterocycles. The molecule has 0 spiro atoms. The Morgan fingerprint density at radius 1 is 0.893 bits per heavy atom. The fourth-order valence-electron chi connectivity index (χ4n) is 2.58. The molecule has 0 radical (unpaired) electrons. The van der Waals surface area contributed by atoms with E-state index in [4.69, 9.17) is 23.2 Å². The van der Waals surface area contributed by atoms with Gasteiger partial charge in [0.25, 0.3) is 0 Å². The van der Waals surface area contributed by atoms with Gasteiger partial charge in [-0.2, -0.15) is 4.31 Å². The average molecular weight is 433 g/mol. The Hall–Kier alpha value is -2.18. The Kier molecular flexibility index (Phi) is 6.52. The third kappa shape index (κ3) is 4.80. The first-order chi connectivity index (χ1) is 13.4. The van der Waals surface area contributed by atoms with E-state index in [1.165, 1.54) is 16.4 Å². The molecule has 0 N–H and O–H groups in total. The van der Waals surface area contributed by atoms with Crippen molar-refractivity contribution in [2.75, 3.05) is 7.05 Å². The van der Waals surface area contributed by atoms with Crippen molar-refractivity contribution < 1.29 is 8.42 Å². The monoisotopic (exact) mass is 432 g/mol. The molecule has 3 aromatic carbocycles. The van der Waals surface area contributed by atoms with Crippen LogP contribution in [0.4, 0.5) is 5.69 Å². The van der Waals surface area contributed by atoms with E-state index in [1.54, 1.807) is 43.6 Å². The number of benzene rings is 3. The lowest BCUT2D eigenvalue weighted by Crippen LogP contribution is -2.26. The van der Waals surface area contributed by atoms with E-state index < -0.39 is 10.0 Å². The van der Waals surface area contributed by atoms with Crippen molar-refractivity contribution >= 4 is 45.1 Å². The van der Waals surface area contributed by atoms with E-state index in [9.17, 15) is 8.42 Å². The average Bonchev–Trinajstić information content (AvgIpc) is 2.69. The molecule has 0 bridgehead atoms. The fraction of sp³-hybridized carbons (Fsp3) is 0.0952. The van der Waals surface area contributed by atoms with E-state index >= 15 is 0 Å². The van der Waals surface area contributed by atoms with Gasteiger partial charge in [-0.25, -0.2) is 8.42 Å². The normalized spacial score (nSPS) is 12.0. The van der Waals surface area contributed by atoms with E-state index in [-0.39, 0.29) is 4.90 Å². The molecule has 28 heavy (non-hydrogen) atoms. The summed E-state index contributed by atoms with van der Waals surface area (Å²) in [6, 6.07) is 21.0. The smallest absolute Gasteiger partial charge is 0.243 e. The van der Waals surface area contributed by atoms with Crippen LogP contribution in [-0.4, -0.2) is 26.0 Å². The first-order valence-corrected chi connectivity index (χ1v) is 10.7. The van der Waals surface area contributed by atoms with Crippen LogP contribution in [-0.2, 0) is 16.6 Å². The summed E-state index contributed by atoms with van der Waals surface area (Å²) in [6.45, 7) is 0.300. The Morgan fingerprint density at radius 2 is 1.50 bits per heavy atom. The molecular formula is C21H18Cl2N2O2S. The van der Waals surface area contributed by atoms with Crippen molar-refractivity contribution in [2.45, 2.75) is 11.4 Å². The number of nitrogens with zero attached hydrogens (tertiary/aromatic N) is 2. The van der Waals surface area contributed by atoms with Crippen molar-refractivity contribution in [3.8, 4) is 0 Å². The first-order valence-electron chi connectivity index (χ1n) is 8.46. The molecular weight excluding hydrogens is 415 g/mol. The van der Waals surface area contributed by atoms with Crippen LogP contribution >= 0.6 is 23.2 Å². The minimum absolute atomic E-state index is 0.209. The summed E-state index contributed by atoms with van der Waals surface area (Å²) in [4.78, 5) is 4.54. The molecule has 7 heteroatoms. The summed E-state index contributed by atoms with van der Waals surface area (Å²) in [5, 5.41) is 0.996. The van der Waals surface area contributed by atoms with E-state index in [1.807, 2.05) is 30.3 Å². The largest absolute Gasteiger partial charge is 0.256 e. The van der Waals surface area contributed by atoms with Gasteiger partial charge < -0.3 is 0 Å². The van der Waals surface area contributed by atoms with Crippen molar-refractivity contribution in [1.82, 2.24) is 4.31 Å². The van der Waals surface area contributed by atoms with Gasteiger partial charge in [-0.15, -0.1) is 0 Å². The maximum absolute atomic E-state index is 12.8. The van der Waals surface area contributed by atoms with Crippen LogP contribution in [0.15, 0.2) is 82.7 Å². The molecule has 3 aromatic rings. The maximum Gasteiger partial charge on any atom is 0.243 e. The van der Waals surface area contributed by atoms with Crippen molar-refractivity contribution in [3.05, 3.63) is 94.0 Å². The van der Waals surface area contributed by atoms with Gasteiger partial charge in [-0.05, 0) is 42.0 Å². The summed E-state index contributed by atoms with van der Waals surface area (Å²) in [5.74, 6) is 0. The fourth-order valence-corrected chi connectivity index (χ4v) is 4.24. The summed E-state index contributed by atoms with van der Waals surface area (Å²) >= 11 is 12.2. The highest BCUT2D eigenvalue weighted by Gasteiger charge is 2.20. The molecule has 0 saturated carbocycles. The van der Waals surface area contributed by atoms with E-state index in [0.717, 1.165) is 5.56 Å². The molecule has 0 aliphatic carbocycles. The van der Waals surface area contributed by atoms with Crippen LogP contribution in [0.5, 0.6) is 0 Å². The number of hydrogen-bond donors (Lipinski definition) is 0. The SMILES string of the molecule is CN(Cc1ccccc1)S(=O)(=O)c1ccc(N=Cc2c(Cl)cccc2Cl)cc1. The first kappa shape index (κ1) is 20.6. The second-order valence-electron chi connectivity index (χ2n) is 6.13. The highest BCUT2D eigenvalue weighted by atomic mass is 35.5. The Bertz CT molecular complexity index is 1060. The van der Waals surface area contributed by atoms with Crippen molar-refractivity contribution in [1.29, 1.82) is 0 Å². The Morgan fingerprint density at radius 3 is 2.11 bits per heavy atom. The third-order valence-electron chi connectivity index (χ3n) is 4.14. The second kappa shape index (κ2) is 8.88. The lowest BCUT2D eigenvalue weighted by atomic mass is 10.2. The molecule has 0 heterocycles. The molecule has 144 valence electrons. The van der Waals surface area contributed by atoms with Crippen LogP contribution in [0.1, 0.15) is 11.1 Å². The number of sulfonamides is 1. The molecule has 0 atom stereocenters. The predicted octanol–water partition coefficient (Wildman–Crippen LogP) is 5.56. The molecule has 0 aliphatic rings. The van der Waals surface area contributed by atoms with Crippen LogP contribution in [0.3, 0.4) is 0 Å². The lowest BCUT2D eigenvalue weighted by molar-refractivity contribution is 0.467. The zero-order valence-corrected chi connectivity index (χ0v) is 17.4. The van der Waals surface area contributed by atoms with Crippen LogP contribution < -0.4 is 0 Å². The van der Waals surface area contributed by atoms with Crippen molar-refractivity contribution in [2.24, 2.45) is 4.99 Å². The molecule has 0 aromatic heterocycles. The second-order valence-corrected chi connectivity index (χ2v) is 8.99. The van der Waals surface area contributed by atoms with E-state index in [2.05, 4.69) is 4.99 Å². The topological polar surface area (TPSA) is 49.7 Å². The number of halogens is 2. The van der Waals surface area contributed by atoms with E-state index in [0.29, 0.717) is 27.8 Å². The minimum atomic E-state index is -3.60. The van der Waals surface area contributed by atoms with Gasteiger partial charge in [-0.1, -0.05) is 59.6 Å². The molecule has 3 rings (SSSR count). The molecule has 0 unspecified atom stereocenters. The molecule has 0 saturated heterocycles. The summed E-state index contributed by atoms with van der Waals surface area (Å²) < 4.78 is 26.9. The number of rotatable bonds is 6. The van der Waals surface area contributed by atoms with Crippen LogP contribution in [0.2, 0.25) is 10.0 Å². The van der Waals surface area contributed by atoms with Gasteiger partial charge >= 0.3 is 0 Å². The van der Waals surface area contributed by atoms with Gasteiger partial charge in [0.15, 0.2) is 0 Å². The minimum Gasteiger partial charge on any atom is -0.256 e. The summed E-state index contributed by atoms with van der Waals surface area (Å²) in [5.41, 5.74) is 2.14. The lowest BCUT2D eigenvalue weighted by Gasteiger charge is -2.17. The number of hydrogen-bond acceptors (Lipinski definition) is 3. The summed E-state index contributed by atoms with van der Waals surface area (Å²) in [7, 11) is -2.03. The van der Waals surface area contributed by atoms with Gasteiger partial charge in [0, 0.05) is 25.4 Å². The molecule has 4 nitrogen and oxygen atoms in total. The quantitative estimate of drug-likeness (QED) is 0.478. The van der Waals surface area contributed by atoms with Gasteiger partial charge in [0.1, 0.15) is 0 Å². The van der Waals surface area contributed by atoms with Crippen LogP contribution in [0, 0.1) is 0 Å². The van der Waals surface area contributed by atoms with Crippen LogP contribution in [0.25, 0.3) is 0 Å².